The lowest BCUT2D eigenvalue weighted by Gasteiger charge is -2.05. The van der Waals surface area contributed by atoms with E-state index < -0.39 is 0 Å². The zero-order chi connectivity index (χ0) is 13.8. The molecule has 0 aliphatic heterocycles. The summed E-state index contributed by atoms with van der Waals surface area (Å²) >= 11 is 1.46. The SMILES string of the molecule is CC(=O)Nc1ccc(NC(=O)c2ccc(C)s2)cc1. The summed E-state index contributed by atoms with van der Waals surface area (Å²) in [6.45, 7) is 3.42. The Morgan fingerprint density at radius 2 is 1.53 bits per heavy atom. The first-order valence-electron chi connectivity index (χ1n) is 5.80. The zero-order valence-corrected chi connectivity index (χ0v) is 11.5. The number of hydrogen-bond donors (Lipinski definition) is 2. The van der Waals surface area contributed by atoms with E-state index in [0.717, 1.165) is 4.88 Å². The molecule has 0 aliphatic rings. The molecular weight excluding hydrogens is 260 g/mol. The van der Waals surface area contributed by atoms with Gasteiger partial charge in [0.25, 0.3) is 5.91 Å². The number of carbonyl (C=O) groups is 2. The maximum absolute atomic E-state index is 11.9. The van der Waals surface area contributed by atoms with Crippen molar-refractivity contribution in [1.82, 2.24) is 0 Å². The smallest absolute Gasteiger partial charge is 0.265 e. The first-order valence-corrected chi connectivity index (χ1v) is 6.62. The molecule has 5 heteroatoms. The Hall–Kier alpha value is -2.14. The van der Waals surface area contributed by atoms with Crippen LogP contribution < -0.4 is 10.6 Å². The minimum Gasteiger partial charge on any atom is -0.326 e. The van der Waals surface area contributed by atoms with Crippen molar-refractivity contribution in [2.75, 3.05) is 10.6 Å². The summed E-state index contributed by atoms with van der Waals surface area (Å²) in [5.74, 6) is -0.240. The van der Waals surface area contributed by atoms with Crippen molar-refractivity contribution in [2.45, 2.75) is 13.8 Å². The van der Waals surface area contributed by atoms with Crippen LogP contribution in [0.1, 0.15) is 21.5 Å². The number of aryl methyl sites for hydroxylation is 1. The fraction of sp³-hybridized carbons (Fsp3) is 0.143. The van der Waals surface area contributed by atoms with Gasteiger partial charge in [-0.3, -0.25) is 9.59 Å². The summed E-state index contributed by atoms with van der Waals surface area (Å²) in [5.41, 5.74) is 1.41. The topological polar surface area (TPSA) is 58.2 Å². The molecule has 0 fully saturated rings. The van der Waals surface area contributed by atoms with E-state index in [1.165, 1.54) is 18.3 Å². The Bertz CT molecular complexity index is 602. The lowest BCUT2D eigenvalue weighted by atomic mass is 10.2. The fourth-order valence-electron chi connectivity index (χ4n) is 1.59. The zero-order valence-electron chi connectivity index (χ0n) is 10.7. The summed E-state index contributed by atoms with van der Waals surface area (Å²) in [6, 6.07) is 10.7. The highest BCUT2D eigenvalue weighted by atomic mass is 32.1. The molecule has 0 aliphatic carbocycles. The molecule has 2 N–H and O–H groups in total. The van der Waals surface area contributed by atoms with Gasteiger partial charge in [0.1, 0.15) is 0 Å². The Morgan fingerprint density at radius 3 is 2.00 bits per heavy atom. The van der Waals surface area contributed by atoms with Gasteiger partial charge in [-0.15, -0.1) is 11.3 Å². The summed E-state index contributed by atoms with van der Waals surface area (Å²) < 4.78 is 0. The van der Waals surface area contributed by atoms with Gasteiger partial charge >= 0.3 is 0 Å². The fourth-order valence-corrected chi connectivity index (χ4v) is 2.35. The van der Waals surface area contributed by atoms with Crippen molar-refractivity contribution in [2.24, 2.45) is 0 Å². The number of carbonyl (C=O) groups excluding carboxylic acids is 2. The predicted octanol–water partition coefficient (Wildman–Crippen LogP) is 3.27. The molecule has 0 unspecified atom stereocenters. The van der Waals surface area contributed by atoms with E-state index in [1.54, 1.807) is 30.3 Å². The molecule has 19 heavy (non-hydrogen) atoms. The minimum absolute atomic E-state index is 0.120. The van der Waals surface area contributed by atoms with Gasteiger partial charge in [-0.25, -0.2) is 0 Å². The third kappa shape index (κ3) is 3.66. The summed E-state index contributed by atoms with van der Waals surface area (Å²) in [6.07, 6.45) is 0. The molecule has 2 rings (SSSR count). The van der Waals surface area contributed by atoms with Crippen LogP contribution in [0.15, 0.2) is 36.4 Å². The van der Waals surface area contributed by atoms with Crippen LogP contribution in [0.2, 0.25) is 0 Å². The average Bonchev–Trinajstić information content (AvgIpc) is 2.78. The molecule has 1 heterocycles. The van der Waals surface area contributed by atoms with Crippen LogP contribution in [0.3, 0.4) is 0 Å². The average molecular weight is 274 g/mol. The molecule has 2 aromatic rings. The molecule has 4 nitrogen and oxygen atoms in total. The highest BCUT2D eigenvalue weighted by Crippen LogP contribution is 2.18. The van der Waals surface area contributed by atoms with Crippen molar-refractivity contribution in [1.29, 1.82) is 0 Å². The number of benzene rings is 1. The quantitative estimate of drug-likeness (QED) is 0.902. The van der Waals surface area contributed by atoms with Crippen molar-refractivity contribution in [3.63, 3.8) is 0 Å². The molecule has 2 amide bonds. The second-order valence-corrected chi connectivity index (χ2v) is 5.41. The molecule has 1 aromatic heterocycles. The van der Waals surface area contributed by atoms with E-state index >= 15 is 0 Å². The van der Waals surface area contributed by atoms with E-state index in [2.05, 4.69) is 10.6 Å². The first kappa shape index (κ1) is 13.3. The Morgan fingerprint density at radius 1 is 0.947 bits per heavy atom. The molecule has 0 radical (unpaired) electrons. The highest BCUT2D eigenvalue weighted by Gasteiger charge is 2.08. The summed E-state index contributed by atoms with van der Waals surface area (Å²) in [7, 11) is 0. The van der Waals surface area contributed by atoms with Crippen LogP contribution in [0.5, 0.6) is 0 Å². The van der Waals surface area contributed by atoms with Crippen molar-refractivity contribution in [3.8, 4) is 0 Å². The van der Waals surface area contributed by atoms with Gasteiger partial charge in [0.2, 0.25) is 5.91 Å². The molecule has 0 bridgehead atoms. The monoisotopic (exact) mass is 274 g/mol. The predicted molar refractivity (Wildman–Crippen MR) is 77.8 cm³/mol. The lowest BCUT2D eigenvalue weighted by Crippen LogP contribution is -2.10. The Labute approximate surface area is 115 Å². The van der Waals surface area contributed by atoms with E-state index in [1.807, 2.05) is 13.0 Å². The number of anilines is 2. The largest absolute Gasteiger partial charge is 0.326 e. The van der Waals surface area contributed by atoms with E-state index in [-0.39, 0.29) is 11.8 Å². The van der Waals surface area contributed by atoms with Crippen molar-refractivity contribution in [3.05, 3.63) is 46.2 Å². The van der Waals surface area contributed by atoms with Crippen molar-refractivity contribution >= 4 is 34.5 Å². The summed E-state index contributed by atoms with van der Waals surface area (Å²) in [5, 5.41) is 5.48. The van der Waals surface area contributed by atoms with Gasteiger partial charge in [-0.2, -0.15) is 0 Å². The summed E-state index contributed by atoms with van der Waals surface area (Å²) in [4.78, 5) is 24.6. The van der Waals surface area contributed by atoms with Crippen LogP contribution in [0, 0.1) is 6.92 Å². The van der Waals surface area contributed by atoms with E-state index in [9.17, 15) is 9.59 Å². The molecular formula is C14H14N2O2S. The van der Waals surface area contributed by atoms with E-state index in [0.29, 0.717) is 16.3 Å². The molecule has 1 aromatic carbocycles. The van der Waals surface area contributed by atoms with Crippen molar-refractivity contribution < 1.29 is 9.59 Å². The lowest BCUT2D eigenvalue weighted by molar-refractivity contribution is -0.114. The number of nitrogens with one attached hydrogen (secondary N) is 2. The third-order valence-electron chi connectivity index (χ3n) is 2.43. The molecule has 0 saturated carbocycles. The van der Waals surface area contributed by atoms with Crippen LogP contribution in [0.25, 0.3) is 0 Å². The second kappa shape index (κ2) is 5.67. The molecule has 0 saturated heterocycles. The van der Waals surface area contributed by atoms with Crippen LogP contribution >= 0.6 is 11.3 Å². The standard InChI is InChI=1S/C14H14N2O2S/c1-9-3-8-13(19-9)14(18)16-12-6-4-11(5-7-12)15-10(2)17/h3-8H,1-2H3,(H,15,17)(H,16,18). The first-order chi connectivity index (χ1) is 9.04. The minimum atomic E-state index is -0.120. The Balaban J connectivity index is 2.03. The van der Waals surface area contributed by atoms with E-state index in [4.69, 9.17) is 0 Å². The van der Waals surface area contributed by atoms with Gasteiger partial charge in [-0.05, 0) is 43.3 Å². The third-order valence-corrected chi connectivity index (χ3v) is 3.43. The number of thiophene rings is 1. The second-order valence-electron chi connectivity index (χ2n) is 4.12. The molecule has 0 atom stereocenters. The van der Waals surface area contributed by atoms with Crippen LogP contribution in [-0.2, 0) is 4.79 Å². The maximum Gasteiger partial charge on any atom is 0.265 e. The molecule has 0 spiro atoms. The number of hydrogen-bond acceptors (Lipinski definition) is 3. The van der Waals surface area contributed by atoms with Gasteiger partial charge in [0, 0.05) is 23.2 Å². The normalized spacial score (nSPS) is 10.0. The Kier molecular flexibility index (Phi) is 3.97. The maximum atomic E-state index is 11.9. The van der Waals surface area contributed by atoms with Gasteiger partial charge in [0.05, 0.1) is 4.88 Å². The van der Waals surface area contributed by atoms with Crippen LogP contribution in [0.4, 0.5) is 11.4 Å². The van der Waals surface area contributed by atoms with Crippen LogP contribution in [-0.4, -0.2) is 11.8 Å². The van der Waals surface area contributed by atoms with Gasteiger partial charge in [-0.1, -0.05) is 0 Å². The molecule has 98 valence electrons. The highest BCUT2D eigenvalue weighted by molar-refractivity contribution is 7.14. The van der Waals surface area contributed by atoms with Gasteiger partial charge < -0.3 is 10.6 Å². The van der Waals surface area contributed by atoms with Gasteiger partial charge in [0.15, 0.2) is 0 Å². The number of rotatable bonds is 3. The number of amides is 2.